The summed E-state index contributed by atoms with van der Waals surface area (Å²) in [7, 11) is 1.53. The number of methoxy groups -OCH3 is 1. The fraction of sp³-hybridized carbons (Fsp3) is 0.610. The average Bonchev–Trinajstić information content (AvgIpc) is 3.58. The van der Waals surface area contributed by atoms with Gasteiger partial charge in [-0.25, -0.2) is 0 Å². The predicted molar refractivity (Wildman–Crippen MR) is 197 cm³/mol. The number of rotatable bonds is 5. The van der Waals surface area contributed by atoms with Crippen molar-refractivity contribution < 1.29 is 72.6 Å². The second-order valence-corrected chi connectivity index (χ2v) is 16.6. The van der Waals surface area contributed by atoms with Gasteiger partial charge in [-0.15, -0.1) is 0 Å². The Morgan fingerprint density at radius 1 is 0.879 bits per heavy atom. The van der Waals surface area contributed by atoms with Crippen LogP contribution in [0.3, 0.4) is 0 Å². The largest absolute Gasteiger partial charge is 0.506 e. The maximum Gasteiger partial charge on any atom is 0.260 e. The number of fused-ring (bicyclic) bond motifs is 7. The van der Waals surface area contributed by atoms with Crippen molar-refractivity contribution in [3.63, 3.8) is 0 Å². The van der Waals surface area contributed by atoms with Crippen LogP contribution in [0.5, 0.6) is 17.2 Å². The molecule has 6 heterocycles. The van der Waals surface area contributed by atoms with Crippen LogP contribution in [0.2, 0.25) is 0 Å². The zero-order chi connectivity index (χ0) is 40.5. The van der Waals surface area contributed by atoms with Gasteiger partial charge in [-0.1, -0.05) is 6.07 Å². The van der Waals surface area contributed by atoms with E-state index in [1.54, 1.807) is 11.8 Å². The quantitative estimate of drug-likeness (QED) is 0.250. The first-order valence-corrected chi connectivity index (χ1v) is 19.9. The van der Waals surface area contributed by atoms with Crippen LogP contribution in [0.15, 0.2) is 15.3 Å². The molecule has 10 rings (SSSR count). The summed E-state index contributed by atoms with van der Waals surface area (Å²) in [6.07, 6.45) is -6.87. The second kappa shape index (κ2) is 13.8. The molecule has 5 aliphatic heterocycles. The van der Waals surface area contributed by atoms with Crippen molar-refractivity contribution in [1.29, 1.82) is 0 Å². The second-order valence-electron chi connectivity index (χ2n) is 16.6. The van der Waals surface area contributed by atoms with Gasteiger partial charge in [0.25, 0.3) is 5.91 Å². The summed E-state index contributed by atoms with van der Waals surface area (Å²) in [5, 5.41) is 57.2. The molecule has 2 aliphatic carbocycles. The lowest BCUT2D eigenvalue weighted by Gasteiger charge is -2.42. The van der Waals surface area contributed by atoms with Crippen molar-refractivity contribution in [2.45, 2.75) is 133 Å². The van der Waals surface area contributed by atoms with E-state index >= 15 is 0 Å². The van der Waals surface area contributed by atoms with Gasteiger partial charge >= 0.3 is 0 Å². The SMILES string of the molecule is CO[C@@H]1C[C@H](O[C@H]2CC[C@H](O[C@@H]3C[C@H](O)c4c(oc5c6c7c(c(O)c5c4=O)-c4c(cc5c(c4O)C(=O)N4CCO[C@]4(C)C5)C[C@H]7OCO6)[C@H]3O)O[C@@H]2C)O[C@H](C)[C@H]1O. The highest BCUT2D eigenvalue weighted by Crippen LogP contribution is 2.58. The van der Waals surface area contributed by atoms with E-state index in [9.17, 15) is 35.1 Å². The number of benzene rings is 2. The van der Waals surface area contributed by atoms with Gasteiger partial charge in [0, 0.05) is 62.4 Å². The Balaban J connectivity index is 0.960. The zero-order valence-corrected chi connectivity index (χ0v) is 32.5. The molecule has 0 radical (unpaired) electrons. The highest BCUT2D eigenvalue weighted by molar-refractivity contribution is 6.06. The number of carbonyl (C=O) groups excluding carboxylic acids is 1. The first kappa shape index (κ1) is 38.3. The van der Waals surface area contributed by atoms with E-state index in [0.717, 1.165) is 0 Å². The molecule has 0 spiro atoms. The molecule has 58 heavy (non-hydrogen) atoms. The molecule has 2 aromatic carbocycles. The van der Waals surface area contributed by atoms with Crippen LogP contribution >= 0.6 is 0 Å². The minimum atomic E-state index is -1.51. The number of carbonyl (C=O) groups is 1. The van der Waals surface area contributed by atoms with Gasteiger partial charge in [-0.2, -0.15) is 0 Å². The number of hydrogen-bond acceptors (Lipinski definition) is 16. The predicted octanol–water partition coefficient (Wildman–Crippen LogP) is 2.86. The molecule has 0 bridgehead atoms. The topological polar surface area (TPSA) is 226 Å². The standard InChI is InChI=1S/C41H47NO16/c1-15-20(56-25-12-22(50-4)32(44)16(2)55-25)5-6-24(54-15)57-23-11-19(43)28-35(47)31-36(48)30-26-17(9-18-13-41(3)42(7-8-53-41)40(49)27(18)34(26)46)10-21-29(30)38(52-14-51-21)39(31)58-37(28)33(23)45/h9,15-16,19-25,32-33,43-46,48H,5-8,10-14H2,1-4H3/t15-,16-,19+,20+,21-,22-,23-,24+,25+,32-,33+,41-/m1/s1. The average molecular weight is 810 g/mol. The molecule has 17 heteroatoms. The van der Waals surface area contributed by atoms with Gasteiger partial charge in [0.2, 0.25) is 5.43 Å². The lowest BCUT2D eigenvalue weighted by molar-refractivity contribution is -0.303. The third kappa shape index (κ3) is 5.66. The number of aliphatic hydroxyl groups is 3. The van der Waals surface area contributed by atoms with Gasteiger partial charge in [0.05, 0.1) is 60.5 Å². The number of phenolic OH excluding ortho intramolecular Hbond substituents is 2. The molecule has 3 saturated heterocycles. The number of hydrogen-bond donors (Lipinski definition) is 5. The van der Waals surface area contributed by atoms with E-state index in [1.165, 1.54) is 7.11 Å². The summed E-state index contributed by atoms with van der Waals surface area (Å²) in [6, 6.07) is 1.83. The minimum absolute atomic E-state index is 0.0679. The van der Waals surface area contributed by atoms with Crippen LogP contribution in [0, 0.1) is 0 Å². The molecule has 12 atom stereocenters. The Bertz CT molecular complexity index is 2260. The summed E-state index contributed by atoms with van der Waals surface area (Å²) in [6.45, 7) is 5.93. The number of nitrogens with zero attached hydrogens (tertiary/aromatic N) is 1. The van der Waals surface area contributed by atoms with Gasteiger partial charge in [0.15, 0.2) is 30.7 Å². The Kier molecular flexibility index (Phi) is 9.14. The third-order valence-corrected chi connectivity index (χ3v) is 13.2. The van der Waals surface area contributed by atoms with E-state index in [2.05, 4.69) is 0 Å². The molecular formula is C41H47NO16. The van der Waals surface area contributed by atoms with E-state index in [4.69, 9.17) is 42.3 Å². The van der Waals surface area contributed by atoms with Crippen LogP contribution in [0.1, 0.15) is 103 Å². The van der Waals surface area contributed by atoms with E-state index < -0.39 is 84.2 Å². The van der Waals surface area contributed by atoms with Crippen LogP contribution in [0.25, 0.3) is 22.1 Å². The summed E-state index contributed by atoms with van der Waals surface area (Å²) in [5.41, 5.74) is -0.175. The van der Waals surface area contributed by atoms with Crippen molar-refractivity contribution in [3.8, 4) is 28.4 Å². The van der Waals surface area contributed by atoms with Crippen LogP contribution < -0.4 is 10.2 Å². The van der Waals surface area contributed by atoms with Crippen molar-refractivity contribution >= 4 is 16.9 Å². The molecule has 3 fully saturated rings. The van der Waals surface area contributed by atoms with Crippen LogP contribution in [-0.4, -0.2) is 118 Å². The maximum atomic E-state index is 14.4. The minimum Gasteiger partial charge on any atom is -0.506 e. The molecule has 7 aliphatic rings. The van der Waals surface area contributed by atoms with Crippen LogP contribution in [-0.2, 0) is 46.0 Å². The van der Waals surface area contributed by atoms with Crippen molar-refractivity contribution in [2.75, 3.05) is 27.1 Å². The smallest absolute Gasteiger partial charge is 0.260 e. The first-order valence-electron chi connectivity index (χ1n) is 19.9. The Hall–Kier alpha value is -3.88. The van der Waals surface area contributed by atoms with E-state index in [0.29, 0.717) is 55.5 Å². The molecule has 1 aromatic heterocycles. The molecule has 5 N–H and O–H groups in total. The summed E-state index contributed by atoms with van der Waals surface area (Å²) in [5.74, 6) is -1.43. The lowest BCUT2D eigenvalue weighted by Crippen LogP contribution is -2.51. The molecule has 0 saturated carbocycles. The zero-order valence-electron chi connectivity index (χ0n) is 32.5. The number of aromatic hydroxyl groups is 2. The van der Waals surface area contributed by atoms with E-state index in [-0.39, 0.29) is 76.2 Å². The van der Waals surface area contributed by atoms with Crippen molar-refractivity contribution in [2.24, 2.45) is 0 Å². The monoisotopic (exact) mass is 809 g/mol. The highest BCUT2D eigenvalue weighted by atomic mass is 16.7. The maximum absolute atomic E-state index is 14.4. The van der Waals surface area contributed by atoms with Crippen molar-refractivity contribution in [1.82, 2.24) is 4.90 Å². The molecule has 3 aromatic rings. The number of ether oxygens (including phenoxy) is 8. The van der Waals surface area contributed by atoms with Gasteiger partial charge < -0.3 is 72.7 Å². The normalized spacial score (nSPS) is 36.4. The molecule has 312 valence electrons. The number of aliphatic hydroxyl groups excluding tert-OH is 3. The van der Waals surface area contributed by atoms with E-state index in [1.807, 2.05) is 19.9 Å². The van der Waals surface area contributed by atoms with Gasteiger partial charge in [-0.05, 0) is 38.3 Å². The summed E-state index contributed by atoms with van der Waals surface area (Å²) in [4.78, 5) is 29.8. The molecular weight excluding hydrogens is 762 g/mol. The Morgan fingerprint density at radius 2 is 1.66 bits per heavy atom. The lowest BCUT2D eigenvalue weighted by atomic mass is 9.77. The third-order valence-electron chi connectivity index (χ3n) is 13.2. The summed E-state index contributed by atoms with van der Waals surface area (Å²) < 4.78 is 54.1. The van der Waals surface area contributed by atoms with Gasteiger partial charge in [-0.3, -0.25) is 9.59 Å². The first-order chi connectivity index (χ1) is 27.8. The number of amides is 1. The fourth-order valence-corrected chi connectivity index (χ4v) is 10.2. The number of phenols is 2. The molecule has 0 unspecified atom stereocenters. The fourth-order valence-electron chi connectivity index (χ4n) is 10.2. The Morgan fingerprint density at radius 3 is 2.43 bits per heavy atom. The molecule has 1 amide bonds. The van der Waals surface area contributed by atoms with Crippen LogP contribution in [0.4, 0.5) is 0 Å². The van der Waals surface area contributed by atoms with Crippen molar-refractivity contribution in [3.05, 3.63) is 49.9 Å². The Labute approximate surface area is 331 Å². The summed E-state index contributed by atoms with van der Waals surface area (Å²) >= 11 is 0. The van der Waals surface area contributed by atoms with Gasteiger partial charge in [0.1, 0.15) is 40.6 Å². The highest BCUT2D eigenvalue weighted by Gasteiger charge is 2.50. The molecule has 17 nitrogen and oxygen atoms in total.